The molecule has 0 saturated heterocycles. The average molecular weight is 386 g/mol. The number of carbonyl (C=O) groups excluding carboxylic acids is 3. The van der Waals surface area contributed by atoms with Crippen LogP contribution in [0.4, 0.5) is 4.39 Å². The maximum atomic E-state index is 13.0. The van der Waals surface area contributed by atoms with E-state index in [4.69, 9.17) is 0 Å². The minimum atomic E-state index is -0.588. The number of halogens is 1. The van der Waals surface area contributed by atoms with Gasteiger partial charge < -0.3 is 0 Å². The monoisotopic (exact) mass is 386 g/mol. The molecule has 3 aromatic rings. The SMILES string of the molecule is O=C(CCC(=O)c1cccs1)NNC(=O)c1cncn1-c1ccc(F)cc1. The van der Waals surface area contributed by atoms with Crippen LogP contribution in [0.3, 0.4) is 0 Å². The maximum Gasteiger partial charge on any atom is 0.288 e. The van der Waals surface area contributed by atoms with Gasteiger partial charge in [0, 0.05) is 18.5 Å². The van der Waals surface area contributed by atoms with Gasteiger partial charge >= 0.3 is 0 Å². The molecule has 3 rings (SSSR count). The normalized spacial score (nSPS) is 10.4. The fourth-order valence-corrected chi connectivity index (χ4v) is 3.01. The highest BCUT2D eigenvalue weighted by molar-refractivity contribution is 7.12. The third kappa shape index (κ3) is 4.64. The van der Waals surface area contributed by atoms with E-state index in [2.05, 4.69) is 15.8 Å². The number of carbonyl (C=O) groups is 3. The number of amides is 2. The van der Waals surface area contributed by atoms with E-state index in [9.17, 15) is 18.8 Å². The largest absolute Gasteiger partial charge is 0.295 e. The molecule has 138 valence electrons. The summed E-state index contributed by atoms with van der Waals surface area (Å²) in [4.78, 5) is 40.5. The second-order valence-corrected chi connectivity index (χ2v) is 6.48. The molecule has 0 spiro atoms. The van der Waals surface area contributed by atoms with Crippen molar-refractivity contribution in [3.63, 3.8) is 0 Å². The average Bonchev–Trinajstić information content (AvgIpc) is 3.36. The highest BCUT2D eigenvalue weighted by Gasteiger charge is 2.15. The molecule has 0 fully saturated rings. The minimum absolute atomic E-state index is 0.0474. The number of thiophene rings is 1. The highest BCUT2D eigenvalue weighted by atomic mass is 32.1. The quantitative estimate of drug-likeness (QED) is 0.503. The fraction of sp³-hybridized carbons (Fsp3) is 0.111. The van der Waals surface area contributed by atoms with Crippen molar-refractivity contribution in [2.75, 3.05) is 0 Å². The Labute approximate surface area is 157 Å². The molecule has 9 heteroatoms. The van der Waals surface area contributed by atoms with Gasteiger partial charge in [0.2, 0.25) is 5.91 Å². The number of benzene rings is 1. The van der Waals surface area contributed by atoms with E-state index < -0.39 is 17.6 Å². The van der Waals surface area contributed by atoms with E-state index in [-0.39, 0.29) is 24.3 Å². The number of nitrogens with zero attached hydrogens (tertiary/aromatic N) is 2. The van der Waals surface area contributed by atoms with Crippen molar-refractivity contribution >= 4 is 28.9 Å². The van der Waals surface area contributed by atoms with E-state index in [1.54, 1.807) is 17.5 Å². The van der Waals surface area contributed by atoms with Crippen molar-refractivity contribution in [1.29, 1.82) is 0 Å². The van der Waals surface area contributed by atoms with Gasteiger partial charge in [-0.3, -0.25) is 29.8 Å². The Morgan fingerprint density at radius 2 is 1.85 bits per heavy atom. The summed E-state index contributed by atoms with van der Waals surface area (Å²) < 4.78 is 14.5. The zero-order valence-corrected chi connectivity index (χ0v) is 14.8. The van der Waals surface area contributed by atoms with Gasteiger partial charge in [0.15, 0.2) is 5.78 Å². The predicted molar refractivity (Wildman–Crippen MR) is 97.0 cm³/mol. The van der Waals surface area contributed by atoms with Gasteiger partial charge in [-0.1, -0.05) is 6.07 Å². The Bertz CT molecular complexity index is 951. The molecule has 1 aromatic carbocycles. The third-order valence-electron chi connectivity index (χ3n) is 3.67. The summed E-state index contributed by atoms with van der Waals surface area (Å²) in [6, 6.07) is 9.00. The Hall–Kier alpha value is -3.33. The molecule has 0 aliphatic heterocycles. The number of Topliss-reactive ketones (excluding diaryl/α,β-unsaturated/α-hetero) is 1. The number of aromatic nitrogens is 2. The van der Waals surface area contributed by atoms with E-state index in [1.807, 2.05) is 0 Å². The van der Waals surface area contributed by atoms with E-state index in [1.165, 1.54) is 52.7 Å². The van der Waals surface area contributed by atoms with E-state index in [0.717, 1.165) is 0 Å². The van der Waals surface area contributed by atoms with E-state index >= 15 is 0 Å². The zero-order chi connectivity index (χ0) is 19.2. The molecule has 7 nitrogen and oxygen atoms in total. The zero-order valence-electron chi connectivity index (χ0n) is 14.0. The lowest BCUT2D eigenvalue weighted by molar-refractivity contribution is -0.121. The van der Waals surface area contributed by atoms with Crippen LogP contribution < -0.4 is 10.9 Å². The summed E-state index contributed by atoms with van der Waals surface area (Å²) in [5.74, 6) is -1.59. The molecule has 2 N–H and O–H groups in total. The Balaban J connectivity index is 1.54. The molecular weight excluding hydrogens is 371 g/mol. The van der Waals surface area contributed by atoms with E-state index in [0.29, 0.717) is 10.6 Å². The topological polar surface area (TPSA) is 93.1 Å². The van der Waals surface area contributed by atoms with Crippen LogP contribution in [0.5, 0.6) is 0 Å². The highest BCUT2D eigenvalue weighted by Crippen LogP contribution is 2.13. The van der Waals surface area contributed by atoms with Gasteiger partial charge in [-0.25, -0.2) is 9.37 Å². The molecule has 2 aromatic heterocycles. The summed E-state index contributed by atoms with van der Waals surface area (Å²) in [6.07, 6.45) is 2.73. The van der Waals surface area contributed by atoms with Crippen molar-refractivity contribution in [3.05, 3.63) is 70.7 Å². The predicted octanol–water partition coefficient (Wildman–Crippen LogP) is 2.50. The summed E-state index contributed by atoms with van der Waals surface area (Å²) >= 11 is 1.32. The molecule has 0 radical (unpaired) electrons. The van der Waals surface area contributed by atoms with Crippen LogP contribution in [0.1, 0.15) is 33.0 Å². The molecular formula is C18H15FN4O3S. The van der Waals surface area contributed by atoms with Crippen LogP contribution in [0.15, 0.2) is 54.3 Å². The second-order valence-electron chi connectivity index (χ2n) is 5.53. The number of hydrogen-bond acceptors (Lipinski definition) is 5. The van der Waals surface area contributed by atoms with Crippen molar-refractivity contribution < 1.29 is 18.8 Å². The molecule has 0 saturated carbocycles. The van der Waals surface area contributed by atoms with Crippen LogP contribution >= 0.6 is 11.3 Å². The van der Waals surface area contributed by atoms with Gasteiger partial charge in [-0.2, -0.15) is 0 Å². The summed E-state index contributed by atoms with van der Waals surface area (Å²) in [5.41, 5.74) is 5.27. The van der Waals surface area contributed by atoms with Crippen LogP contribution in [0.25, 0.3) is 5.69 Å². The third-order valence-corrected chi connectivity index (χ3v) is 4.58. The number of hydrogen-bond donors (Lipinski definition) is 2. The second kappa shape index (κ2) is 8.37. The van der Waals surface area contributed by atoms with Gasteiger partial charge in [-0.15, -0.1) is 11.3 Å². The molecule has 0 aliphatic rings. The van der Waals surface area contributed by atoms with Gasteiger partial charge in [0.1, 0.15) is 11.5 Å². The van der Waals surface area contributed by atoms with Crippen molar-refractivity contribution in [3.8, 4) is 5.69 Å². The first kappa shape index (κ1) is 18.5. The first-order chi connectivity index (χ1) is 13.0. The summed E-state index contributed by atoms with van der Waals surface area (Å²) in [7, 11) is 0. The van der Waals surface area contributed by atoms with Gasteiger partial charge in [0.25, 0.3) is 5.91 Å². The Morgan fingerprint density at radius 3 is 2.56 bits per heavy atom. The van der Waals surface area contributed by atoms with Crippen LogP contribution in [-0.4, -0.2) is 27.1 Å². The Morgan fingerprint density at radius 1 is 1.07 bits per heavy atom. The number of imidazole rings is 1. The fourth-order valence-electron chi connectivity index (χ4n) is 2.31. The summed E-state index contributed by atoms with van der Waals surface area (Å²) in [6.45, 7) is 0. The first-order valence-corrected chi connectivity index (χ1v) is 8.87. The first-order valence-electron chi connectivity index (χ1n) is 7.99. The maximum absolute atomic E-state index is 13.0. The summed E-state index contributed by atoms with van der Waals surface area (Å²) in [5, 5.41) is 1.79. The number of ketones is 1. The lowest BCUT2D eigenvalue weighted by Gasteiger charge is -2.10. The van der Waals surface area contributed by atoms with Gasteiger partial charge in [0.05, 0.1) is 17.4 Å². The molecule has 2 heterocycles. The minimum Gasteiger partial charge on any atom is -0.295 e. The van der Waals surface area contributed by atoms with Crippen LogP contribution in [0.2, 0.25) is 0 Å². The lowest BCUT2D eigenvalue weighted by atomic mass is 10.2. The number of nitrogens with one attached hydrogen (secondary N) is 2. The smallest absolute Gasteiger partial charge is 0.288 e. The van der Waals surface area contributed by atoms with Gasteiger partial charge in [-0.05, 0) is 35.7 Å². The molecule has 2 amide bonds. The molecule has 0 aliphatic carbocycles. The molecule has 0 bridgehead atoms. The van der Waals surface area contributed by atoms with Crippen molar-refractivity contribution in [2.45, 2.75) is 12.8 Å². The molecule has 0 atom stereocenters. The Kier molecular flexibility index (Phi) is 5.72. The molecule has 0 unspecified atom stereocenters. The van der Waals surface area contributed by atoms with Crippen molar-refractivity contribution in [1.82, 2.24) is 20.4 Å². The van der Waals surface area contributed by atoms with Crippen LogP contribution in [-0.2, 0) is 4.79 Å². The number of hydrazine groups is 1. The number of rotatable bonds is 6. The van der Waals surface area contributed by atoms with Crippen LogP contribution in [0, 0.1) is 5.82 Å². The molecule has 27 heavy (non-hydrogen) atoms. The van der Waals surface area contributed by atoms with Crippen molar-refractivity contribution in [2.24, 2.45) is 0 Å². The standard InChI is InChI=1S/C18H15FN4O3S/c19-12-3-5-13(6-4-12)23-11-20-10-14(23)18(26)22-21-17(25)8-7-15(24)16-2-1-9-27-16/h1-6,9-11H,7-8H2,(H,21,25)(H,22,26). The lowest BCUT2D eigenvalue weighted by Crippen LogP contribution is -2.42.